The van der Waals surface area contributed by atoms with Gasteiger partial charge in [-0.2, -0.15) is 0 Å². The minimum Gasteiger partial charge on any atom is -0.465 e. The maximum absolute atomic E-state index is 11.9. The molecule has 1 N–H and O–H groups in total. The third-order valence-corrected chi connectivity index (χ3v) is 3.32. The summed E-state index contributed by atoms with van der Waals surface area (Å²) in [5.41, 5.74) is 1.04. The van der Waals surface area contributed by atoms with E-state index < -0.39 is 17.7 Å². The number of benzene rings is 1. The number of esters is 1. The van der Waals surface area contributed by atoms with Crippen molar-refractivity contribution in [3.05, 3.63) is 29.5 Å². The van der Waals surface area contributed by atoms with Crippen molar-refractivity contribution in [3.8, 4) is 0 Å². The topological polar surface area (TPSA) is 77.8 Å². The zero-order valence-corrected chi connectivity index (χ0v) is 19.9. The molecule has 0 saturated heterocycles. The molecule has 2 rings (SSSR count). The summed E-state index contributed by atoms with van der Waals surface area (Å²) in [6.07, 6.45) is -0.529. The summed E-state index contributed by atoms with van der Waals surface area (Å²) in [4.78, 5) is 23.7. The Labute approximate surface area is 172 Å². The van der Waals surface area contributed by atoms with E-state index in [1.54, 1.807) is 32.9 Å². The number of hydrogen-bond acceptors (Lipinski definition) is 5. The first-order valence-electron chi connectivity index (χ1n) is 7.65. The van der Waals surface area contributed by atoms with E-state index in [2.05, 4.69) is 5.32 Å². The zero-order valence-electron chi connectivity index (χ0n) is 15.1. The van der Waals surface area contributed by atoms with Crippen molar-refractivity contribution < 1.29 is 55.8 Å². The summed E-state index contributed by atoms with van der Waals surface area (Å²) in [7, 11) is 3.20. The standard InChI is InChI=1S/C17H21BNO5.Pa/c1-17(2,3)24-16(21)19-9-12-13(18-4)10-7-6-8-11(14(10)23-12)15(20)22-5;/h6-8H,9H2,1-5H3,(H,19,21);. The molecular weight excluding hydrogens is 540 g/mol. The largest absolute Gasteiger partial charge is 0.465 e. The van der Waals surface area contributed by atoms with Gasteiger partial charge in [0.2, 0.25) is 0 Å². The number of furan rings is 1. The first-order valence-corrected chi connectivity index (χ1v) is 7.65. The number of rotatable bonds is 4. The second-order valence-electron chi connectivity index (χ2n) is 6.26. The van der Waals surface area contributed by atoms with Gasteiger partial charge < -0.3 is 19.2 Å². The van der Waals surface area contributed by atoms with Gasteiger partial charge in [0.25, 0.3) is 0 Å². The van der Waals surface area contributed by atoms with Crippen molar-refractivity contribution in [3.63, 3.8) is 0 Å². The molecule has 6 nitrogen and oxygen atoms in total. The molecule has 0 fully saturated rings. The second-order valence-corrected chi connectivity index (χ2v) is 6.26. The number of carbonyl (C=O) groups excluding carboxylic acids is 2. The summed E-state index contributed by atoms with van der Waals surface area (Å²) < 4.78 is 15.8. The van der Waals surface area contributed by atoms with E-state index in [0.717, 1.165) is 10.8 Å². The fourth-order valence-corrected chi connectivity index (χ4v) is 2.37. The molecular formula is C17H21BNO5Pa. The fraction of sp³-hybridized carbons (Fsp3) is 0.412. The van der Waals surface area contributed by atoms with E-state index in [9.17, 15) is 9.59 Å². The molecule has 0 saturated carbocycles. The number of methoxy groups -OCH3 is 1. The number of hydrogen-bond donors (Lipinski definition) is 1. The molecule has 0 bridgehead atoms. The molecule has 1 aromatic carbocycles. The van der Waals surface area contributed by atoms with Gasteiger partial charge in [-0.3, -0.25) is 0 Å². The van der Waals surface area contributed by atoms with Crippen LogP contribution in [-0.4, -0.2) is 32.1 Å². The van der Waals surface area contributed by atoms with Crippen molar-refractivity contribution in [1.29, 1.82) is 0 Å². The zero-order chi connectivity index (χ0) is 17.9. The van der Waals surface area contributed by atoms with Crippen LogP contribution in [0.2, 0.25) is 6.82 Å². The molecule has 0 aliphatic rings. The van der Waals surface area contributed by atoms with Crippen molar-refractivity contribution in [2.75, 3.05) is 7.11 Å². The smallest absolute Gasteiger partial charge is 0.408 e. The summed E-state index contributed by atoms with van der Waals surface area (Å²) in [5.74, 6) is 0.0818. The second kappa shape index (κ2) is 8.85. The molecule has 0 unspecified atom stereocenters. The van der Waals surface area contributed by atoms with Crippen LogP contribution in [0.25, 0.3) is 11.0 Å². The molecule has 25 heavy (non-hydrogen) atoms. The van der Waals surface area contributed by atoms with Crippen LogP contribution in [0.5, 0.6) is 0 Å². The van der Waals surface area contributed by atoms with E-state index in [4.69, 9.17) is 13.9 Å². The minimum absolute atomic E-state index is 0. The number of fused-ring (bicyclic) bond motifs is 1. The van der Waals surface area contributed by atoms with E-state index >= 15 is 0 Å². The van der Waals surface area contributed by atoms with Gasteiger partial charge in [0.1, 0.15) is 22.5 Å². The van der Waals surface area contributed by atoms with Gasteiger partial charge in [-0.25, -0.2) is 9.59 Å². The number of carbonyl (C=O) groups is 2. The van der Waals surface area contributed by atoms with E-state index in [1.165, 1.54) is 7.11 Å². The Morgan fingerprint density at radius 1 is 1.28 bits per heavy atom. The van der Waals surface area contributed by atoms with Crippen LogP contribution < -0.4 is 10.8 Å². The number of para-hydroxylation sites is 1. The molecule has 1 amide bonds. The van der Waals surface area contributed by atoms with Gasteiger partial charge >= 0.3 is 12.1 Å². The molecule has 0 aliphatic heterocycles. The molecule has 0 spiro atoms. The first-order chi connectivity index (χ1) is 11.3. The monoisotopic (exact) mass is 561 g/mol. The van der Waals surface area contributed by atoms with Crippen LogP contribution in [-0.2, 0) is 16.0 Å². The van der Waals surface area contributed by atoms with Gasteiger partial charge in [0.15, 0.2) is 7.28 Å². The van der Waals surface area contributed by atoms with Gasteiger partial charge in [0.05, 0.1) is 13.7 Å². The Bertz CT molecular complexity index is 766. The van der Waals surface area contributed by atoms with Crippen molar-refractivity contribution in [2.24, 2.45) is 0 Å². The van der Waals surface area contributed by atoms with Crippen LogP contribution in [0.3, 0.4) is 0 Å². The Balaban J connectivity index is 0.00000312. The molecule has 8 heteroatoms. The van der Waals surface area contributed by atoms with Crippen LogP contribution >= 0.6 is 0 Å². The third kappa shape index (κ3) is 5.31. The van der Waals surface area contributed by atoms with Crippen molar-refractivity contribution >= 4 is 35.8 Å². The molecule has 0 atom stereocenters. The number of ether oxygens (including phenoxy) is 2. The minimum atomic E-state index is -0.574. The Kier molecular flexibility index (Phi) is 7.68. The normalized spacial score (nSPS) is 10.8. The van der Waals surface area contributed by atoms with Gasteiger partial charge in [-0.1, -0.05) is 19.0 Å². The molecule has 130 valence electrons. The predicted molar refractivity (Wildman–Crippen MR) is 91.9 cm³/mol. The van der Waals surface area contributed by atoms with Gasteiger partial charge in [-0.15, -0.1) is 0 Å². The van der Waals surface area contributed by atoms with Crippen LogP contribution in [0, 0.1) is 32.3 Å². The quantitative estimate of drug-likeness (QED) is 0.459. The average Bonchev–Trinajstić information content (AvgIpc) is 2.87. The number of nitrogens with one attached hydrogen (secondary N) is 1. The van der Waals surface area contributed by atoms with Crippen LogP contribution in [0.15, 0.2) is 22.6 Å². The summed E-state index contributed by atoms with van der Waals surface area (Å²) >= 11 is 0. The van der Waals surface area contributed by atoms with Gasteiger partial charge in [-0.05, 0) is 32.3 Å². The maximum atomic E-state index is 11.9. The maximum Gasteiger partial charge on any atom is 0.408 e. The summed E-state index contributed by atoms with van der Waals surface area (Å²) in [5, 5.41) is 3.46. The summed E-state index contributed by atoms with van der Waals surface area (Å²) in [6.45, 7) is 7.40. The summed E-state index contributed by atoms with van der Waals surface area (Å²) in [6, 6.07) is 5.27. The molecule has 0 aliphatic carbocycles. The van der Waals surface area contributed by atoms with E-state index in [-0.39, 0.29) is 38.9 Å². The van der Waals surface area contributed by atoms with E-state index in [1.807, 2.05) is 20.2 Å². The Morgan fingerprint density at radius 2 is 1.96 bits per heavy atom. The predicted octanol–water partition coefficient (Wildman–Crippen LogP) is 2.62. The SMILES string of the molecule is C[B]c1c(CNC(=O)OC(C)(C)C)oc2c(C(=O)OC)cccc12.[Pa]. The average molecular weight is 561 g/mol. The fourth-order valence-electron chi connectivity index (χ4n) is 2.37. The first kappa shape index (κ1) is 21.7. The Morgan fingerprint density at radius 3 is 2.52 bits per heavy atom. The van der Waals surface area contributed by atoms with Crippen molar-refractivity contribution in [2.45, 2.75) is 39.7 Å². The van der Waals surface area contributed by atoms with Crippen molar-refractivity contribution in [1.82, 2.24) is 5.32 Å². The molecule has 1 aromatic heterocycles. The number of amides is 1. The van der Waals surface area contributed by atoms with Gasteiger partial charge in [0, 0.05) is 37.7 Å². The Hall–Kier alpha value is -1.34. The van der Waals surface area contributed by atoms with Crippen LogP contribution in [0.4, 0.5) is 4.79 Å². The molecule has 1 heterocycles. The third-order valence-electron chi connectivity index (χ3n) is 3.32. The van der Waals surface area contributed by atoms with Crippen LogP contribution in [0.1, 0.15) is 36.9 Å². The van der Waals surface area contributed by atoms with E-state index in [0.29, 0.717) is 16.9 Å². The molecule has 2 radical (unpaired) electrons. The number of alkyl carbamates (subject to hydrolysis) is 1. The molecule has 2 aromatic rings.